The van der Waals surface area contributed by atoms with Gasteiger partial charge in [-0.05, 0) is 6.42 Å². The fraction of sp³-hybridized carbons (Fsp3) is 0.600. The highest BCUT2D eigenvalue weighted by molar-refractivity contribution is 5.92. The first-order valence-electron chi connectivity index (χ1n) is 3.01. The molecule has 0 rings (SSSR count). The molecule has 0 fully saturated rings. The molecule has 0 saturated heterocycles. The lowest BCUT2D eigenvalue weighted by Crippen LogP contribution is -2.42. The summed E-state index contributed by atoms with van der Waals surface area (Å²) in [5.41, 5.74) is 4.65. The van der Waals surface area contributed by atoms with Gasteiger partial charge in [0.2, 0.25) is 0 Å². The average Bonchev–Trinajstić information content (AvgIpc) is 1.82. The van der Waals surface area contributed by atoms with Crippen molar-refractivity contribution < 1.29 is 9.59 Å². The maximum absolute atomic E-state index is 10.5. The van der Waals surface area contributed by atoms with E-state index in [0.717, 1.165) is 6.42 Å². The van der Waals surface area contributed by atoms with Crippen LogP contribution in [0.4, 0.5) is 9.59 Å². The number of hydrogen-bond donors (Lipinski definition) is 3. The topological polar surface area (TPSA) is 84.2 Å². The van der Waals surface area contributed by atoms with Crippen molar-refractivity contribution in [2.75, 3.05) is 6.54 Å². The second kappa shape index (κ2) is 4.60. The van der Waals surface area contributed by atoms with E-state index in [1.54, 1.807) is 0 Å². The first kappa shape index (κ1) is 8.74. The van der Waals surface area contributed by atoms with Crippen LogP contribution in [0.2, 0.25) is 0 Å². The number of urea groups is 2. The van der Waals surface area contributed by atoms with Gasteiger partial charge >= 0.3 is 12.1 Å². The standard InChI is InChI=1S/C5H11N3O2/c1-2-3-7-5(10)8-4(6)9/h2-3H2,1H3,(H4,6,7,8,9,10). The molecule has 10 heavy (non-hydrogen) atoms. The summed E-state index contributed by atoms with van der Waals surface area (Å²) < 4.78 is 0. The number of hydrogen-bond acceptors (Lipinski definition) is 2. The Morgan fingerprint density at radius 3 is 2.50 bits per heavy atom. The lowest BCUT2D eigenvalue weighted by molar-refractivity contribution is 0.231. The van der Waals surface area contributed by atoms with Gasteiger partial charge in [0.1, 0.15) is 0 Å². The Kier molecular flexibility index (Phi) is 4.02. The molecule has 0 aromatic carbocycles. The Morgan fingerprint density at radius 2 is 2.10 bits per heavy atom. The van der Waals surface area contributed by atoms with E-state index in [0.29, 0.717) is 6.54 Å². The summed E-state index contributed by atoms with van der Waals surface area (Å²) in [6, 6.07) is -1.39. The van der Waals surface area contributed by atoms with Crippen LogP contribution in [0.25, 0.3) is 0 Å². The molecule has 0 unspecified atom stereocenters. The molecule has 0 heterocycles. The van der Waals surface area contributed by atoms with Crippen molar-refractivity contribution >= 4 is 12.1 Å². The minimum absolute atomic E-state index is 0.541. The molecule has 0 saturated carbocycles. The van der Waals surface area contributed by atoms with E-state index in [1.807, 2.05) is 12.2 Å². The zero-order chi connectivity index (χ0) is 7.98. The first-order valence-corrected chi connectivity index (χ1v) is 3.01. The lowest BCUT2D eigenvalue weighted by Gasteiger charge is -2.00. The van der Waals surface area contributed by atoms with E-state index in [4.69, 9.17) is 0 Å². The van der Waals surface area contributed by atoms with Crippen molar-refractivity contribution in [3.8, 4) is 0 Å². The van der Waals surface area contributed by atoms with Gasteiger partial charge in [-0.3, -0.25) is 5.32 Å². The van der Waals surface area contributed by atoms with Gasteiger partial charge in [-0.1, -0.05) is 6.92 Å². The molecule has 4 amide bonds. The molecule has 0 aliphatic rings. The van der Waals surface area contributed by atoms with E-state index in [9.17, 15) is 9.59 Å². The zero-order valence-corrected chi connectivity index (χ0v) is 5.81. The minimum atomic E-state index is -0.839. The molecule has 0 aromatic heterocycles. The van der Waals surface area contributed by atoms with Crippen molar-refractivity contribution in [2.45, 2.75) is 13.3 Å². The molecule has 0 radical (unpaired) electrons. The van der Waals surface area contributed by atoms with Crippen LogP contribution in [0, 0.1) is 0 Å². The number of rotatable bonds is 2. The first-order chi connectivity index (χ1) is 4.66. The Balaban J connectivity index is 3.35. The lowest BCUT2D eigenvalue weighted by atomic mass is 10.5. The SMILES string of the molecule is CCCNC(=O)NC(N)=O. The van der Waals surface area contributed by atoms with Crippen LogP contribution < -0.4 is 16.4 Å². The number of imide groups is 1. The van der Waals surface area contributed by atoms with Gasteiger partial charge in [0, 0.05) is 6.54 Å². The summed E-state index contributed by atoms with van der Waals surface area (Å²) in [6.07, 6.45) is 0.826. The molecule has 5 heteroatoms. The van der Waals surface area contributed by atoms with Gasteiger partial charge in [-0.25, -0.2) is 9.59 Å². The molecule has 0 aliphatic carbocycles. The summed E-state index contributed by atoms with van der Waals surface area (Å²) >= 11 is 0. The van der Waals surface area contributed by atoms with E-state index in [1.165, 1.54) is 0 Å². The molecule has 0 spiro atoms. The van der Waals surface area contributed by atoms with E-state index in [2.05, 4.69) is 11.1 Å². The molecular weight excluding hydrogens is 134 g/mol. The predicted molar refractivity (Wildman–Crippen MR) is 36.4 cm³/mol. The summed E-state index contributed by atoms with van der Waals surface area (Å²) in [5, 5.41) is 4.28. The highest BCUT2D eigenvalue weighted by Crippen LogP contribution is 1.69. The Hall–Kier alpha value is -1.26. The van der Waals surface area contributed by atoms with E-state index >= 15 is 0 Å². The van der Waals surface area contributed by atoms with Crippen molar-refractivity contribution in [1.82, 2.24) is 10.6 Å². The number of nitrogens with one attached hydrogen (secondary N) is 2. The fourth-order valence-electron chi connectivity index (χ4n) is 0.395. The Bertz CT molecular complexity index is 135. The van der Waals surface area contributed by atoms with Gasteiger partial charge in [-0.15, -0.1) is 0 Å². The second-order valence-electron chi connectivity index (χ2n) is 1.75. The van der Waals surface area contributed by atoms with Crippen molar-refractivity contribution in [1.29, 1.82) is 0 Å². The molecule has 4 N–H and O–H groups in total. The average molecular weight is 145 g/mol. The number of carbonyl (C=O) groups is 2. The summed E-state index contributed by atoms with van der Waals surface area (Å²) in [7, 11) is 0. The highest BCUT2D eigenvalue weighted by Gasteiger charge is 1.99. The Morgan fingerprint density at radius 1 is 1.50 bits per heavy atom. The van der Waals surface area contributed by atoms with Crippen LogP contribution in [-0.4, -0.2) is 18.6 Å². The minimum Gasteiger partial charge on any atom is -0.351 e. The van der Waals surface area contributed by atoms with Gasteiger partial charge in [0.05, 0.1) is 0 Å². The molecule has 0 aromatic rings. The van der Waals surface area contributed by atoms with Crippen LogP contribution in [0.1, 0.15) is 13.3 Å². The van der Waals surface area contributed by atoms with Crippen LogP contribution in [0.3, 0.4) is 0 Å². The van der Waals surface area contributed by atoms with Gasteiger partial charge in [-0.2, -0.15) is 0 Å². The maximum Gasteiger partial charge on any atom is 0.322 e. The summed E-state index contributed by atoms with van der Waals surface area (Å²) in [6.45, 7) is 2.45. The van der Waals surface area contributed by atoms with Crippen LogP contribution >= 0.6 is 0 Å². The van der Waals surface area contributed by atoms with Crippen LogP contribution in [-0.2, 0) is 0 Å². The van der Waals surface area contributed by atoms with Gasteiger partial charge < -0.3 is 11.1 Å². The number of primary amides is 1. The molecular formula is C5H11N3O2. The quantitative estimate of drug-likeness (QED) is 0.501. The zero-order valence-electron chi connectivity index (χ0n) is 5.81. The number of carbonyl (C=O) groups excluding carboxylic acids is 2. The largest absolute Gasteiger partial charge is 0.351 e. The third kappa shape index (κ3) is 4.89. The van der Waals surface area contributed by atoms with Gasteiger partial charge in [0.15, 0.2) is 0 Å². The van der Waals surface area contributed by atoms with Crippen LogP contribution in [0.15, 0.2) is 0 Å². The third-order valence-electron chi connectivity index (χ3n) is 0.772. The predicted octanol–water partition coefficient (Wildman–Crippen LogP) is -0.226. The smallest absolute Gasteiger partial charge is 0.322 e. The number of nitrogens with two attached hydrogens (primary N) is 1. The van der Waals surface area contributed by atoms with Gasteiger partial charge in [0.25, 0.3) is 0 Å². The maximum atomic E-state index is 10.5. The third-order valence-corrected chi connectivity index (χ3v) is 0.772. The normalized spacial score (nSPS) is 8.50. The monoisotopic (exact) mass is 145 g/mol. The fourth-order valence-corrected chi connectivity index (χ4v) is 0.395. The molecule has 58 valence electrons. The van der Waals surface area contributed by atoms with E-state index in [-0.39, 0.29) is 0 Å². The second-order valence-corrected chi connectivity index (χ2v) is 1.75. The molecule has 0 aliphatic heterocycles. The highest BCUT2D eigenvalue weighted by atomic mass is 16.2. The molecule has 0 atom stereocenters. The van der Waals surface area contributed by atoms with Crippen LogP contribution in [0.5, 0.6) is 0 Å². The summed E-state index contributed by atoms with van der Waals surface area (Å²) in [4.78, 5) is 20.5. The van der Waals surface area contributed by atoms with Crippen molar-refractivity contribution in [3.05, 3.63) is 0 Å². The molecule has 0 bridgehead atoms. The van der Waals surface area contributed by atoms with Crippen molar-refractivity contribution in [2.24, 2.45) is 5.73 Å². The summed E-state index contributed by atoms with van der Waals surface area (Å²) in [5.74, 6) is 0. The number of amides is 4. The van der Waals surface area contributed by atoms with E-state index < -0.39 is 12.1 Å². The molecule has 5 nitrogen and oxygen atoms in total. The van der Waals surface area contributed by atoms with Crippen molar-refractivity contribution in [3.63, 3.8) is 0 Å². The Labute approximate surface area is 59.0 Å².